The monoisotopic (exact) mass is 333 g/mol. The largest absolute Gasteiger partial charge is 0.485 e. The number of rotatable bonds is 3. The van der Waals surface area contributed by atoms with Crippen molar-refractivity contribution >= 4 is 15.9 Å². The van der Waals surface area contributed by atoms with E-state index in [2.05, 4.69) is 40.8 Å². The van der Waals surface area contributed by atoms with Crippen molar-refractivity contribution in [3.05, 3.63) is 52.3 Å². The van der Waals surface area contributed by atoms with Crippen LogP contribution >= 0.6 is 15.9 Å². The molecule has 0 atom stereocenters. The molecule has 0 saturated carbocycles. The summed E-state index contributed by atoms with van der Waals surface area (Å²) in [4.78, 5) is 4.13. The molecule has 2 heterocycles. The van der Waals surface area contributed by atoms with Crippen molar-refractivity contribution in [2.75, 3.05) is 0 Å². The van der Waals surface area contributed by atoms with Crippen LogP contribution in [0, 0.1) is 0 Å². The lowest BCUT2D eigenvalue weighted by Crippen LogP contribution is -2.24. The van der Waals surface area contributed by atoms with E-state index in [9.17, 15) is 0 Å². The highest BCUT2D eigenvalue weighted by atomic mass is 79.9. The number of hydrogen-bond acceptors (Lipinski definition) is 3. The fourth-order valence-corrected chi connectivity index (χ4v) is 2.81. The molecule has 0 radical (unpaired) electrons. The summed E-state index contributed by atoms with van der Waals surface area (Å²) in [5.74, 6) is 1.67. The molecule has 0 N–H and O–H groups in total. The smallest absolute Gasteiger partial charge is 0.165 e. The van der Waals surface area contributed by atoms with Gasteiger partial charge in [0.25, 0.3) is 0 Å². The Kier molecular flexibility index (Phi) is 3.42. The number of halogens is 1. The first-order chi connectivity index (χ1) is 9.53. The molecule has 1 aliphatic rings. The van der Waals surface area contributed by atoms with Crippen molar-refractivity contribution in [1.29, 1.82) is 0 Å². The normalized spacial score (nSPS) is 15.6. The Hall–Kier alpha value is -1.55. The number of aromatic nitrogens is 1. The third kappa shape index (κ3) is 2.80. The van der Waals surface area contributed by atoms with E-state index in [0.29, 0.717) is 6.61 Å². The third-order valence-corrected chi connectivity index (χ3v) is 3.64. The standard InChI is InChI=1S/C16H16BrNO2/c1-16(2)7-12-4-3-5-14(15(12)20-16)19-10-11-6-13(17)9-18-8-11/h3-6,8-9H,7,10H2,1-2H3. The average Bonchev–Trinajstić information content (AvgIpc) is 2.71. The van der Waals surface area contributed by atoms with Gasteiger partial charge in [-0.3, -0.25) is 4.98 Å². The van der Waals surface area contributed by atoms with E-state index in [1.54, 1.807) is 12.4 Å². The van der Waals surface area contributed by atoms with Gasteiger partial charge in [0.15, 0.2) is 11.5 Å². The third-order valence-electron chi connectivity index (χ3n) is 3.21. The molecule has 0 unspecified atom stereocenters. The van der Waals surface area contributed by atoms with Gasteiger partial charge in [0.1, 0.15) is 12.2 Å². The summed E-state index contributed by atoms with van der Waals surface area (Å²) in [6.45, 7) is 4.66. The first-order valence-electron chi connectivity index (χ1n) is 6.57. The number of pyridine rings is 1. The quantitative estimate of drug-likeness (QED) is 0.845. The second-order valence-electron chi connectivity index (χ2n) is 5.58. The van der Waals surface area contributed by atoms with Gasteiger partial charge in [0.05, 0.1) is 0 Å². The van der Waals surface area contributed by atoms with Gasteiger partial charge in [0, 0.05) is 34.4 Å². The summed E-state index contributed by atoms with van der Waals surface area (Å²) in [6, 6.07) is 8.06. The maximum Gasteiger partial charge on any atom is 0.165 e. The van der Waals surface area contributed by atoms with E-state index in [-0.39, 0.29) is 5.60 Å². The fourth-order valence-electron chi connectivity index (χ4n) is 2.40. The molecule has 1 aromatic carbocycles. The van der Waals surface area contributed by atoms with E-state index in [1.807, 2.05) is 18.2 Å². The number of fused-ring (bicyclic) bond motifs is 1. The van der Waals surface area contributed by atoms with Crippen LogP contribution in [0.3, 0.4) is 0 Å². The second-order valence-corrected chi connectivity index (χ2v) is 6.50. The SMILES string of the molecule is CC1(C)Cc2cccc(OCc3cncc(Br)c3)c2O1. The van der Waals surface area contributed by atoms with E-state index in [1.165, 1.54) is 5.56 Å². The zero-order chi connectivity index (χ0) is 14.2. The predicted octanol–water partition coefficient (Wildman–Crippen LogP) is 4.14. The highest BCUT2D eigenvalue weighted by Gasteiger charge is 2.32. The molecule has 0 bridgehead atoms. The molecular weight excluding hydrogens is 318 g/mol. The molecule has 0 spiro atoms. The van der Waals surface area contributed by atoms with E-state index < -0.39 is 0 Å². The topological polar surface area (TPSA) is 31.4 Å². The van der Waals surface area contributed by atoms with Gasteiger partial charge in [-0.2, -0.15) is 0 Å². The minimum atomic E-state index is -0.154. The number of benzene rings is 1. The van der Waals surface area contributed by atoms with Crippen molar-refractivity contribution in [3.8, 4) is 11.5 Å². The summed E-state index contributed by atoms with van der Waals surface area (Å²) < 4.78 is 12.8. The summed E-state index contributed by atoms with van der Waals surface area (Å²) in [7, 11) is 0. The molecule has 20 heavy (non-hydrogen) atoms. The number of ether oxygens (including phenoxy) is 2. The first kappa shape index (κ1) is 13.4. The van der Waals surface area contributed by atoms with Crippen LogP contribution < -0.4 is 9.47 Å². The fraction of sp³-hybridized carbons (Fsp3) is 0.312. The minimum absolute atomic E-state index is 0.154. The highest BCUT2D eigenvalue weighted by molar-refractivity contribution is 9.10. The van der Waals surface area contributed by atoms with Gasteiger partial charge in [-0.15, -0.1) is 0 Å². The summed E-state index contributed by atoms with van der Waals surface area (Å²) in [5.41, 5.74) is 2.08. The second kappa shape index (κ2) is 5.09. The molecule has 0 amide bonds. The lowest BCUT2D eigenvalue weighted by atomic mass is 10.0. The molecule has 2 aromatic rings. The van der Waals surface area contributed by atoms with E-state index in [4.69, 9.17) is 9.47 Å². The summed E-state index contributed by atoms with van der Waals surface area (Å²) in [5, 5.41) is 0. The molecule has 104 valence electrons. The van der Waals surface area contributed by atoms with Gasteiger partial charge in [-0.25, -0.2) is 0 Å². The van der Waals surface area contributed by atoms with Crippen LogP contribution in [-0.2, 0) is 13.0 Å². The van der Waals surface area contributed by atoms with Gasteiger partial charge in [-0.05, 0) is 41.9 Å². The Morgan fingerprint density at radius 2 is 2.20 bits per heavy atom. The van der Waals surface area contributed by atoms with Crippen molar-refractivity contribution in [1.82, 2.24) is 4.98 Å². The predicted molar refractivity (Wildman–Crippen MR) is 81.1 cm³/mol. The Morgan fingerprint density at radius 3 is 3.00 bits per heavy atom. The summed E-state index contributed by atoms with van der Waals surface area (Å²) in [6.07, 6.45) is 4.48. The van der Waals surface area contributed by atoms with Gasteiger partial charge >= 0.3 is 0 Å². The van der Waals surface area contributed by atoms with Crippen LogP contribution in [0.25, 0.3) is 0 Å². The molecule has 3 rings (SSSR count). The molecule has 0 fully saturated rings. The van der Waals surface area contributed by atoms with Gasteiger partial charge in [-0.1, -0.05) is 12.1 Å². The van der Waals surface area contributed by atoms with E-state index >= 15 is 0 Å². The van der Waals surface area contributed by atoms with Crippen molar-refractivity contribution in [3.63, 3.8) is 0 Å². The highest BCUT2D eigenvalue weighted by Crippen LogP contribution is 2.41. The molecule has 0 saturated heterocycles. The first-order valence-corrected chi connectivity index (χ1v) is 7.36. The molecule has 1 aliphatic heterocycles. The Balaban J connectivity index is 1.78. The molecular formula is C16H16BrNO2. The van der Waals surface area contributed by atoms with Crippen LogP contribution in [0.5, 0.6) is 11.5 Å². The number of para-hydroxylation sites is 1. The lowest BCUT2D eigenvalue weighted by Gasteiger charge is -2.18. The van der Waals surface area contributed by atoms with Crippen LogP contribution in [-0.4, -0.2) is 10.6 Å². The van der Waals surface area contributed by atoms with E-state index in [0.717, 1.165) is 28.0 Å². The molecule has 3 nitrogen and oxygen atoms in total. The van der Waals surface area contributed by atoms with Crippen molar-refractivity contribution in [2.45, 2.75) is 32.5 Å². The Labute approximate surface area is 127 Å². The Morgan fingerprint density at radius 1 is 1.35 bits per heavy atom. The van der Waals surface area contributed by atoms with Crippen LogP contribution in [0.15, 0.2) is 41.1 Å². The minimum Gasteiger partial charge on any atom is -0.485 e. The van der Waals surface area contributed by atoms with Gasteiger partial charge in [0.2, 0.25) is 0 Å². The van der Waals surface area contributed by atoms with Crippen LogP contribution in [0.2, 0.25) is 0 Å². The Bertz CT molecular complexity index is 640. The lowest BCUT2D eigenvalue weighted by molar-refractivity contribution is 0.131. The number of nitrogens with zero attached hydrogens (tertiary/aromatic N) is 1. The van der Waals surface area contributed by atoms with Crippen LogP contribution in [0.1, 0.15) is 25.0 Å². The van der Waals surface area contributed by atoms with Crippen molar-refractivity contribution < 1.29 is 9.47 Å². The molecule has 0 aliphatic carbocycles. The van der Waals surface area contributed by atoms with Gasteiger partial charge < -0.3 is 9.47 Å². The molecule has 1 aromatic heterocycles. The maximum atomic E-state index is 5.99. The van der Waals surface area contributed by atoms with Crippen molar-refractivity contribution in [2.24, 2.45) is 0 Å². The average molecular weight is 334 g/mol. The zero-order valence-electron chi connectivity index (χ0n) is 11.5. The summed E-state index contributed by atoms with van der Waals surface area (Å²) >= 11 is 3.41. The zero-order valence-corrected chi connectivity index (χ0v) is 13.1. The number of hydrogen-bond donors (Lipinski definition) is 0. The maximum absolute atomic E-state index is 5.99. The van der Waals surface area contributed by atoms with Crippen LogP contribution in [0.4, 0.5) is 0 Å². The molecule has 4 heteroatoms.